The van der Waals surface area contributed by atoms with Crippen molar-refractivity contribution in [2.75, 3.05) is 11.8 Å². The Bertz CT molecular complexity index is 1090. The van der Waals surface area contributed by atoms with Gasteiger partial charge >= 0.3 is 5.97 Å². The van der Waals surface area contributed by atoms with Gasteiger partial charge in [0, 0.05) is 6.20 Å². The molecule has 0 bridgehead atoms. The molecule has 0 fully saturated rings. The molecule has 1 aromatic carbocycles. The fraction of sp³-hybridized carbons (Fsp3) is 0.176. The number of pyridine rings is 1. The second-order valence-corrected chi connectivity index (χ2v) is 7.42. The van der Waals surface area contributed by atoms with E-state index in [4.69, 9.17) is 16.3 Å². The number of esters is 1. The molecule has 0 radical (unpaired) electrons. The molecule has 3 rings (SSSR count). The standard InChI is InChI=1S/C17H16ClN3O4S/c1-3-11-7-8-13(12(10-11)17(22)25-2)20-26(23,24)16-15(18)19-14-6-4-5-9-21(14)16/h4-10,20H,3H2,1-2H3. The third-order valence-corrected chi connectivity index (χ3v) is 5.61. The Balaban J connectivity index is 2.10. The first kappa shape index (κ1) is 18.2. The number of aryl methyl sites for hydroxylation is 1. The number of ether oxygens (including phenoxy) is 1. The highest BCUT2D eigenvalue weighted by Gasteiger charge is 2.26. The summed E-state index contributed by atoms with van der Waals surface area (Å²) < 4.78 is 34.4. The first-order valence-electron chi connectivity index (χ1n) is 7.74. The quantitative estimate of drug-likeness (QED) is 0.672. The molecule has 2 aromatic heterocycles. The highest BCUT2D eigenvalue weighted by atomic mass is 35.5. The lowest BCUT2D eigenvalue weighted by Gasteiger charge is -2.13. The summed E-state index contributed by atoms with van der Waals surface area (Å²) in [5.41, 5.74) is 1.50. The average Bonchev–Trinajstić information content (AvgIpc) is 2.97. The van der Waals surface area contributed by atoms with E-state index in [0.717, 1.165) is 5.56 Å². The molecule has 136 valence electrons. The molecular formula is C17H16ClN3O4S. The Labute approximate surface area is 155 Å². The van der Waals surface area contributed by atoms with Crippen LogP contribution in [0.25, 0.3) is 5.65 Å². The minimum Gasteiger partial charge on any atom is -0.465 e. The Morgan fingerprint density at radius 2 is 2.08 bits per heavy atom. The number of sulfonamides is 1. The van der Waals surface area contributed by atoms with Crippen LogP contribution in [0.15, 0.2) is 47.6 Å². The van der Waals surface area contributed by atoms with E-state index >= 15 is 0 Å². The molecule has 7 nitrogen and oxygen atoms in total. The summed E-state index contributed by atoms with van der Waals surface area (Å²) in [5, 5.41) is -0.362. The summed E-state index contributed by atoms with van der Waals surface area (Å²) in [7, 11) is -2.86. The van der Waals surface area contributed by atoms with Gasteiger partial charge in [0.05, 0.1) is 18.4 Å². The molecule has 0 aliphatic carbocycles. The van der Waals surface area contributed by atoms with Crippen molar-refractivity contribution in [1.29, 1.82) is 0 Å². The molecule has 0 atom stereocenters. The minimum absolute atomic E-state index is 0.107. The Hall–Kier alpha value is -2.58. The fourth-order valence-electron chi connectivity index (χ4n) is 2.56. The van der Waals surface area contributed by atoms with Crippen LogP contribution in [-0.2, 0) is 21.2 Å². The van der Waals surface area contributed by atoms with Crippen LogP contribution >= 0.6 is 11.6 Å². The SMILES string of the molecule is CCc1ccc(NS(=O)(=O)c2c(Cl)nc3ccccn23)c(C(=O)OC)c1. The maximum atomic E-state index is 12.9. The number of benzene rings is 1. The monoisotopic (exact) mass is 393 g/mol. The van der Waals surface area contributed by atoms with Gasteiger partial charge in [0.1, 0.15) is 5.65 Å². The van der Waals surface area contributed by atoms with Crippen molar-refractivity contribution < 1.29 is 17.9 Å². The van der Waals surface area contributed by atoms with Gasteiger partial charge in [0.25, 0.3) is 10.0 Å². The Morgan fingerprint density at radius 3 is 2.77 bits per heavy atom. The van der Waals surface area contributed by atoms with E-state index in [0.29, 0.717) is 12.1 Å². The molecule has 9 heteroatoms. The van der Waals surface area contributed by atoms with E-state index in [9.17, 15) is 13.2 Å². The van der Waals surface area contributed by atoms with Gasteiger partial charge in [-0.2, -0.15) is 8.42 Å². The normalized spacial score (nSPS) is 11.5. The number of fused-ring (bicyclic) bond motifs is 1. The number of carbonyl (C=O) groups is 1. The molecule has 2 heterocycles. The maximum absolute atomic E-state index is 12.9. The predicted octanol–water partition coefficient (Wildman–Crippen LogP) is 3.14. The van der Waals surface area contributed by atoms with Crippen LogP contribution in [0.1, 0.15) is 22.8 Å². The number of carbonyl (C=O) groups excluding carboxylic acids is 1. The van der Waals surface area contributed by atoms with Gasteiger partial charge in [-0.1, -0.05) is 30.7 Å². The second kappa shape index (κ2) is 6.97. The molecule has 1 N–H and O–H groups in total. The van der Waals surface area contributed by atoms with Crippen molar-refractivity contribution in [3.63, 3.8) is 0 Å². The van der Waals surface area contributed by atoms with Gasteiger partial charge in [-0.05, 0) is 36.2 Å². The second-order valence-electron chi connectivity index (χ2n) is 5.47. The Kier molecular flexibility index (Phi) is 4.88. The number of nitrogens with one attached hydrogen (secondary N) is 1. The number of halogens is 1. The molecule has 0 amide bonds. The number of methoxy groups -OCH3 is 1. The highest BCUT2D eigenvalue weighted by molar-refractivity contribution is 7.92. The van der Waals surface area contributed by atoms with Crippen LogP contribution in [0.4, 0.5) is 5.69 Å². The van der Waals surface area contributed by atoms with Crippen LogP contribution in [0.2, 0.25) is 5.15 Å². The lowest BCUT2D eigenvalue weighted by molar-refractivity contribution is 0.0602. The van der Waals surface area contributed by atoms with E-state index in [2.05, 4.69) is 9.71 Å². The van der Waals surface area contributed by atoms with Gasteiger partial charge in [-0.25, -0.2) is 9.78 Å². The van der Waals surface area contributed by atoms with Crippen molar-refractivity contribution in [3.05, 3.63) is 58.9 Å². The summed E-state index contributed by atoms with van der Waals surface area (Å²) in [5.74, 6) is -0.637. The zero-order valence-corrected chi connectivity index (χ0v) is 15.6. The first-order valence-corrected chi connectivity index (χ1v) is 9.60. The molecule has 0 saturated heterocycles. The molecular weight excluding hydrogens is 378 g/mol. The first-order chi connectivity index (χ1) is 12.4. The number of hydrogen-bond acceptors (Lipinski definition) is 5. The number of imidazole rings is 1. The molecule has 0 unspecified atom stereocenters. The summed E-state index contributed by atoms with van der Waals surface area (Å²) in [4.78, 5) is 16.1. The summed E-state index contributed by atoms with van der Waals surface area (Å²) in [6, 6.07) is 9.89. The summed E-state index contributed by atoms with van der Waals surface area (Å²) in [6.45, 7) is 1.93. The molecule has 0 saturated carbocycles. The van der Waals surface area contributed by atoms with Crippen molar-refractivity contribution in [2.45, 2.75) is 18.4 Å². The molecule has 26 heavy (non-hydrogen) atoms. The smallest absolute Gasteiger partial charge is 0.340 e. The van der Waals surface area contributed by atoms with Crippen LogP contribution in [-0.4, -0.2) is 30.9 Å². The number of anilines is 1. The molecule has 0 aliphatic rings. The number of aromatic nitrogens is 2. The van der Waals surface area contributed by atoms with Crippen molar-refractivity contribution >= 4 is 38.9 Å². The van der Waals surface area contributed by atoms with Crippen LogP contribution < -0.4 is 4.72 Å². The summed E-state index contributed by atoms with van der Waals surface area (Å²) in [6.07, 6.45) is 2.24. The lowest BCUT2D eigenvalue weighted by atomic mass is 10.1. The van der Waals surface area contributed by atoms with Crippen LogP contribution in [0.3, 0.4) is 0 Å². The lowest BCUT2D eigenvalue weighted by Crippen LogP contribution is -2.18. The number of nitrogens with zero attached hydrogens (tertiary/aromatic N) is 2. The zero-order valence-electron chi connectivity index (χ0n) is 14.1. The fourth-order valence-corrected chi connectivity index (χ4v) is 4.28. The van der Waals surface area contributed by atoms with Gasteiger partial charge < -0.3 is 4.74 Å². The molecule has 3 aromatic rings. The van der Waals surface area contributed by atoms with Crippen molar-refractivity contribution in [3.8, 4) is 0 Å². The van der Waals surface area contributed by atoms with Gasteiger partial charge in [0.15, 0.2) is 10.2 Å². The van der Waals surface area contributed by atoms with Gasteiger partial charge in [-0.3, -0.25) is 9.12 Å². The number of hydrogen-bond donors (Lipinski definition) is 1. The predicted molar refractivity (Wildman–Crippen MR) is 98.2 cm³/mol. The molecule has 0 spiro atoms. The topological polar surface area (TPSA) is 89.8 Å². The van der Waals surface area contributed by atoms with Crippen molar-refractivity contribution in [2.24, 2.45) is 0 Å². The highest BCUT2D eigenvalue weighted by Crippen LogP contribution is 2.27. The number of rotatable bonds is 5. The van der Waals surface area contributed by atoms with E-state index in [1.165, 1.54) is 17.6 Å². The van der Waals surface area contributed by atoms with Crippen molar-refractivity contribution in [1.82, 2.24) is 9.38 Å². The zero-order chi connectivity index (χ0) is 18.9. The maximum Gasteiger partial charge on any atom is 0.340 e. The largest absolute Gasteiger partial charge is 0.465 e. The van der Waals surface area contributed by atoms with Gasteiger partial charge in [-0.15, -0.1) is 0 Å². The third kappa shape index (κ3) is 3.25. The minimum atomic E-state index is -4.10. The van der Waals surface area contributed by atoms with E-state index in [1.54, 1.807) is 36.5 Å². The third-order valence-electron chi connectivity index (χ3n) is 3.84. The van der Waals surface area contributed by atoms with E-state index in [1.807, 2.05) is 6.92 Å². The van der Waals surface area contributed by atoms with E-state index < -0.39 is 16.0 Å². The molecule has 0 aliphatic heterocycles. The Morgan fingerprint density at radius 1 is 1.31 bits per heavy atom. The van der Waals surface area contributed by atoms with Crippen LogP contribution in [0.5, 0.6) is 0 Å². The van der Waals surface area contributed by atoms with Gasteiger partial charge in [0.2, 0.25) is 0 Å². The summed E-state index contributed by atoms with van der Waals surface area (Å²) >= 11 is 6.05. The van der Waals surface area contributed by atoms with Crippen LogP contribution in [0, 0.1) is 0 Å². The average molecular weight is 394 g/mol. The van der Waals surface area contributed by atoms with E-state index in [-0.39, 0.29) is 21.4 Å².